The molecule has 0 aromatic heterocycles. The quantitative estimate of drug-likeness (QED) is 0.226. The van der Waals surface area contributed by atoms with Crippen LogP contribution >= 0.6 is 37.9 Å². The number of rotatable bonds is 11. The Morgan fingerprint density at radius 3 is 1.55 bits per heavy atom. The molecule has 0 aromatic rings. The van der Waals surface area contributed by atoms with Crippen molar-refractivity contribution in [2.45, 2.75) is 6.42 Å². The van der Waals surface area contributed by atoms with Crippen molar-refractivity contribution in [3.63, 3.8) is 0 Å². The SMILES string of the molecule is O=C(CS)OCC(CO)(COC(=O)CS)COC(=O)CCS. The molecule has 0 saturated carbocycles. The lowest BCUT2D eigenvalue weighted by molar-refractivity contribution is -0.162. The number of hydrogen-bond donors (Lipinski definition) is 4. The van der Waals surface area contributed by atoms with E-state index in [1.54, 1.807) is 0 Å². The summed E-state index contributed by atoms with van der Waals surface area (Å²) in [6.07, 6.45) is 0.0947. The molecule has 0 unspecified atom stereocenters. The van der Waals surface area contributed by atoms with Gasteiger partial charge in [0, 0.05) is 5.75 Å². The van der Waals surface area contributed by atoms with Crippen LogP contribution in [0.1, 0.15) is 6.42 Å². The molecule has 0 rings (SSSR count). The molecule has 10 heteroatoms. The molecule has 0 heterocycles. The number of hydrogen-bond acceptors (Lipinski definition) is 10. The van der Waals surface area contributed by atoms with Crippen LogP contribution < -0.4 is 0 Å². The maximum Gasteiger partial charge on any atom is 0.315 e. The third-order valence-corrected chi connectivity index (χ3v) is 3.27. The van der Waals surface area contributed by atoms with Crippen LogP contribution in [0.3, 0.4) is 0 Å². The van der Waals surface area contributed by atoms with E-state index in [2.05, 4.69) is 37.9 Å². The fraction of sp³-hybridized carbons (Fsp3) is 0.750. The van der Waals surface area contributed by atoms with E-state index in [-0.39, 0.29) is 37.7 Å². The van der Waals surface area contributed by atoms with Crippen molar-refractivity contribution in [1.29, 1.82) is 0 Å². The van der Waals surface area contributed by atoms with Crippen molar-refractivity contribution >= 4 is 55.8 Å². The van der Waals surface area contributed by atoms with Gasteiger partial charge in [-0.3, -0.25) is 14.4 Å². The Bertz CT molecular complexity index is 356. The molecule has 0 atom stereocenters. The second kappa shape index (κ2) is 11.9. The smallest absolute Gasteiger partial charge is 0.315 e. The van der Waals surface area contributed by atoms with E-state index in [4.69, 9.17) is 14.2 Å². The van der Waals surface area contributed by atoms with Crippen LogP contribution in [0.5, 0.6) is 0 Å². The Balaban J connectivity index is 4.77. The second-order valence-electron chi connectivity index (χ2n) is 4.43. The van der Waals surface area contributed by atoms with Gasteiger partial charge >= 0.3 is 17.9 Å². The van der Waals surface area contributed by atoms with Crippen LogP contribution in [0.15, 0.2) is 0 Å². The molecule has 0 aliphatic rings. The Kier molecular flexibility index (Phi) is 11.6. The van der Waals surface area contributed by atoms with Gasteiger partial charge in [-0.2, -0.15) is 37.9 Å². The van der Waals surface area contributed by atoms with E-state index < -0.39 is 29.9 Å². The van der Waals surface area contributed by atoms with E-state index >= 15 is 0 Å². The monoisotopic (exact) mass is 372 g/mol. The summed E-state index contributed by atoms with van der Waals surface area (Å²) in [6, 6.07) is 0. The molecule has 0 fully saturated rings. The van der Waals surface area contributed by atoms with Crippen molar-refractivity contribution in [2.24, 2.45) is 5.41 Å². The molecule has 7 nitrogen and oxygen atoms in total. The predicted molar refractivity (Wildman–Crippen MR) is 88.6 cm³/mol. The predicted octanol–water partition coefficient (Wildman–Crippen LogP) is -0.226. The zero-order valence-electron chi connectivity index (χ0n) is 11.9. The normalized spacial score (nSPS) is 10.9. The molecule has 128 valence electrons. The third-order valence-electron chi connectivity index (χ3n) is 2.53. The molecular formula is C12H20O7S3. The van der Waals surface area contributed by atoms with E-state index in [0.717, 1.165) is 0 Å². The molecule has 0 aliphatic carbocycles. The van der Waals surface area contributed by atoms with E-state index in [0.29, 0.717) is 5.75 Å². The lowest BCUT2D eigenvalue weighted by Crippen LogP contribution is -2.42. The van der Waals surface area contributed by atoms with Crippen molar-refractivity contribution < 1.29 is 33.7 Å². The van der Waals surface area contributed by atoms with Crippen molar-refractivity contribution in [1.82, 2.24) is 0 Å². The highest BCUT2D eigenvalue weighted by Crippen LogP contribution is 2.20. The molecule has 0 saturated heterocycles. The van der Waals surface area contributed by atoms with Gasteiger partial charge in [0.15, 0.2) is 0 Å². The zero-order chi connectivity index (χ0) is 17.0. The lowest BCUT2D eigenvalue weighted by Gasteiger charge is -2.30. The standard InChI is InChI=1S/C12H20O7S3/c13-5-12(7-18-10(15)3-21,8-19-11(16)4-22)6-17-9(14)1-2-20/h13,20-22H,1-8H2. The lowest BCUT2D eigenvalue weighted by atomic mass is 9.92. The highest BCUT2D eigenvalue weighted by atomic mass is 32.1. The number of aliphatic hydroxyl groups is 1. The van der Waals surface area contributed by atoms with Crippen LogP contribution in [0, 0.1) is 5.41 Å². The number of carbonyl (C=O) groups excluding carboxylic acids is 3. The van der Waals surface area contributed by atoms with Crippen LogP contribution in [-0.4, -0.2) is 66.7 Å². The largest absolute Gasteiger partial charge is 0.465 e. The van der Waals surface area contributed by atoms with Gasteiger partial charge in [-0.1, -0.05) is 0 Å². The van der Waals surface area contributed by atoms with Crippen LogP contribution in [0.25, 0.3) is 0 Å². The molecule has 22 heavy (non-hydrogen) atoms. The first-order valence-corrected chi connectivity index (χ1v) is 8.23. The van der Waals surface area contributed by atoms with E-state index in [1.807, 2.05) is 0 Å². The number of thiol groups is 3. The molecule has 0 bridgehead atoms. The van der Waals surface area contributed by atoms with Gasteiger partial charge in [-0.05, 0) is 0 Å². The Morgan fingerprint density at radius 2 is 1.23 bits per heavy atom. The minimum atomic E-state index is -1.23. The highest BCUT2D eigenvalue weighted by Gasteiger charge is 2.35. The van der Waals surface area contributed by atoms with E-state index in [9.17, 15) is 19.5 Å². The summed E-state index contributed by atoms with van der Waals surface area (Å²) < 4.78 is 14.8. The van der Waals surface area contributed by atoms with E-state index in [1.165, 1.54) is 0 Å². The van der Waals surface area contributed by atoms with Crippen molar-refractivity contribution in [2.75, 3.05) is 43.7 Å². The molecular weight excluding hydrogens is 352 g/mol. The molecule has 0 aliphatic heterocycles. The number of carbonyl (C=O) groups is 3. The van der Waals surface area contributed by atoms with Gasteiger partial charge in [-0.15, -0.1) is 0 Å². The van der Waals surface area contributed by atoms with Crippen molar-refractivity contribution in [3.05, 3.63) is 0 Å². The summed E-state index contributed by atoms with van der Waals surface area (Å²) in [5, 5.41) is 9.56. The minimum Gasteiger partial charge on any atom is -0.465 e. The summed E-state index contributed by atoms with van der Waals surface area (Å²) >= 11 is 11.4. The first kappa shape index (κ1) is 21.4. The maximum absolute atomic E-state index is 11.4. The summed E-state index contributed by atoms with van der Waals surface area (Å²) in [4.78, 5) is 33.8. The van der Waals surface area contributed by atoms with Gasteiger partial charge in [0.1, 0.15) is 19.8 Å². The topological polar surface area (TPSA) is 99.1 Å². The van der Waals surface area contributed by atoms with Gasteiger partial charge in [0.05, 0.1) is 29.9 Å². The van der Waals surface area contributed by atoms with Crippen molar-refractivity contribution in [3.8, 4) is 0 Å². The van der Waals surface area contributed by atoms with Crippen LogP contribution in [0.4, 0.5) is 0 Å². The summed E-state index contributed by atoms with van der Waals surface area (Å²) in [7, 11) is 0. The van der Waals surface area contributed by atoms with Gasteiger partial charge in [0.25, 0.3) is 0 Å². The first-order chi connectivity index (χ1) is 10.4. The average molecular weight is 372 g/mol. The molecule has 1 N–H and O–H groups in total. The van der Waals surface area contributed by atoms with Gasteiger partial charge in [0.2, 0.25) is 0 Å². The average Bonchev–Trinajstić information content (AvgIpc) is 2.54. The van der Waals surface area contributed by atoms with Gasteiger partial charge < -0.3 is 19.3 Å². The maximum atomic E-state index is 11.4. The minimum absolute atomic E-state index is 0.0947. The summed E-state index contributed by atoms with van der Waals surface area (Å²) in [5.74, 6) is -1.70. The molecule has 0 aromatic carbocycles. The fourth-order valence-corrected chi connectivity index (χ4v) is 1.58. The highest BCUT2D eigenvalue weighted by molar-refractivity contribution is 7.81. The summed E-state index contributed by atoms with van der Waals surface area (Å²) in [6.45, 7) is -1.34. The van der Waals surface area contributed by atoms with Gasteiger partial charge in [-0.25, -0.2) is 0 Å². The molecule has 0 radical (unpaired) electrons. The Hall–Kier alpha value is -0.580. The summed E-state index contributed by atoms with van der Waals surface area (Å²) in [5.41, 5.74) is -1.23. The number of esters is 3. The Morgan fingerprint density at radius 1 is 0.818 bits per heavy atom. The number of aliphatic hydroxyl groups excluding tert-OH is 1. The van der Waals surface area contributed by atoms with Crippen LogP contribution in [-0.2, 0) is 28.6 Å². The first-order valence-electron chi connectivity index (χ1n) is 6.33. The molecule has 0 amide bonds. The molecule has 0 spiro atoms. The van der Waals surface area contributed by atoms with Crippen LogP contribution in [0.2, 0.25) is 0 Å². The Labute approximate surface area is 145 Å². The fourth-order valence-electron chi connectivity index (χ4n) is 1.22. The second-order valence-corrected chi connectivity index (χ2v) is 5.51. The number of ether oxygens (including phenoxy) is 3. The third kappa shape index (κ3) is 8.76. The zero-order valence-corrected chi connectivity index (χ0v) is 14.6.